The first kappa shape index (κ1) is 12.7. The Morgan fingerprint density at radius 3 is 2.70 bits per heavy atom. The number of aromatic carboxylic acids is 1. The van der Waals surface area contributed by atoms with E-state index in [0.717, 1.165) is 5.01 Å². The monoisotopic (exact) mass is 288 g/mol. The molecule has 0 bridgehead atoms. The van der Waals surface area contributed by atoms with Gasteiger partial charge < -0.3 is 5.11 Å². The third-order valence-corrected chi connectivity index (χ3v) is 3.66. The fraction of sp³-hybridized carbons (Fsp3) is 0.0714. The summed E-state index contributed by atoms with van der Waals surface area (Å²) >= 11 is 1.46. The summed E-state index contributed by atoms with van der Waals surface area (Å²) in [6, 6.07) is 5.34. The van der Waals surface area contributed by atoms with E-state index in [9.17, 15) is 14.3 Å². The van der Waals surface area contributed by atoms with Crippen LogP contribution in [0.3, 0.4) is 0 Å². The molecule has 3 rings (SSSR count). The molecule has 0 aliphatic rings. The average molecular weight is 288 g/mol. The number of thiazole rings is 1. The van der Waals surface area contributed by atoms with Gasteiger partial charge in [-0.3, -0.25) is 0 Å². The first-order chi connectivity index (χ1) is 9.54. The van der Waals surface area contributed by atoms with E-state index in [1.54, 1.807) is 0 Å². The first-order valence-electron chi connectivity index (χ1n) is 5.81. The van der Waals surface area contributed by atoms with Gasteiger partial charge in [0.2, 0.25) is 0 Å². The van der Waals surface area contributed by atoms with Crippen LogP contribution < -0.4 is 0 Å². The average Bonchev–Trinajstić information content (AvgIpc) is 2.84. The van der Waals surface area contributed by atoms with Crippen molar-refractivity contribution in [1.82, 2.24) is 9.97 Å². The van der Waals surface area contributed by atoms with Gasteiger partial charge in [-0.1, -0.05) is 0 Å². The number of halogens is 1. The Hall–Kier alpha value is -2.34. The summed E-state index contributed by atoms with van der Waals surface area (Å²) in [7, 11) is 0. The molecule has 6 heteroatoms. The van der Waals surface area contributed by atoms with Crippen molar-refractivity contribution in [3.63, 3.8) is 0 Å². The maximum absolute atomic E-state index is 13.3. The van der Waals surface area contributed by atoms with Crippen molar-refractivity contribution < 1.29 is 14.3 Å². The molecular weight excluding hydrogens is 279 g/mol. The zero-order valence-corrected chi connectivity index (χ0v) is 11.2. The number of fused-ring (bicyclic) bond motifs is 1. The first-order valence-corrected chi connectivity index (χ1v) is 6.68. The highest BCUT2D eigenvalue weighted by Gasteiger charge is 2.14. The molecular formula is C14H9FN2O2S. The maximum atomic E-state index is 13.3. The molecule has 20 heavy (non-hydrogen) atoms. The molecule has 100 valence electrons. The number of carboxylic acids is 1. The lowest BCUT2D eigenvalue weighted by atomic mass is 10.1. The molecule has 0 unspecified atom stereocenters. The van der Waals surface area contributed by atoms with Gasteiger partial charge in [0.25, 0.3) is 0 Å². The van der Waals surface area contributed by atoms with E-state index in [2.05, 4.69) is 9.97 Å². The summed E-state index contributed by atoms with van der Waals surface area (Å²) in [5.41, 5.74) is 1.56. The maximum Gasteiger partial charge on any atom is 0.336 e. The van der Waals surface area contributed by atoms with Crippen LogP contribution >= 0.6 is 11.3 Å². The van der Waals surface area contributed by atoms with E-state index in [-0.39, 0.29) is 10.9 Å². The standard InChI is InChI=1S/C14H9FN2O2S/c1-7-16-13(6-20-7)12-5-10(14(18)19)9-4-8(15)2-3-11(9)17-12/h2-6H,1H3,(H,18,19). The Balaban J connectivity index is 2.31. The minimum Gasteiger partial charge on any atom is -0.478 e. The van der Waals surface area contributed by atoms with Crippen LogP contribution in [0.2, 0.25) is 0 Å². The number of benzene rings is 1. The second-order valence-electron chi connectivity index (χ2n) is 4.27. The predicted octanol–water partition coefficient (Wildman–Crippen LogP) is 3.50. The minimum absolute atomic E-state index is 0.0233. The number of hydrogen-bond acceptors (Lipinski definition) is 4. The number of rotatable bonds is 2. The third-order valence-electron chi connectivity index (χ3n) is 2.88. The van der Waals surface area contributed by atoms with E-state index in [1.807, 2.05) is 12.3 Å². The molecule has 2 aromatic heterocycles. The summed E-state index contributed by atoms with van der Waals surface area (Å²) in [6.45, 7) is 1.86. The Labute approximate surface area is 117 Å². The molecule has 1 N–H and O–H groups in total. The number of carboxylic acid groups (broad SMARTS) is 1. The molecule has 0 saturated carbocycles. The van der Waals surface area contributed by atoms with Crippen LogP contribution in [-0.2, 0) is 0 Å². The molecule has 0 aliphatic heterocycles. The van der Waals surface area contributed by atoms with E-state index >= 15 is 0 Å². The highest BCUT2D eigenvalue weighted by molar-refractivity contribution is 7.09. The quantitative estimate of drug-likeness (QED) is 0.784. The fourth-order valence-electron chi connectivity index (χ4n) is 1.99. The lowest BCUT2D eigenvalue weighted by Crippen LogP contribution is -2.00. The van der Waals surface area contributed by atoms with Gasteiger partial charge in [-0.15, -0.1) is 11.3 Å². The van der Waals surface area contributed by atoms with E-state index in [1.165, 1.54) is 35.6 Å². The summed E-state index contributed by atoms with van der Waals surface area (Å²) in [5.74, 6) is -1.60. The van der Waals surface area contributed by atoms with Gasteiger partial charge in [-0.2, -0.15) is 0 Å². The van der Waals surface area contributed by atoms with Crippen molar-refractivity contribution in [3.05, 3.63) is 46.0 Å². The Kier molecular flexibility index (Phi) is 2.94. The van der Waals surface area contributed by atoms with Crippen LogP contribution in [0.15, 0.2) is 29.6 Å². The Morgan fingerprint density at radius 2 is 2.05 bits per heavy atom. The number of nitrogens with zero attached hydrogens (tertiary/aromatic N) is 2. The number of aryl methyl sites for hydroxylation is 1. The number of hydrogen-bond donors (Lipinski definition) is 1. The second-order valence-corrected chi connectivity index (χ2v) is 5.34. The third kappa shape index (κ3) is 2.14. The number of pyridine rings is 1. The molecule has 0 radical (unpaired) electrons. The molecule has 2 heterocycles. The summed E-state index contributed by atoms with van der Waals surface area (Å²) in [4.78, 5) is 20.0. The number of aromatic nitrogens is 2. The van der Waals surface area contributed by atoms with Crippen LogP contribution in [0, 0.1) is 12.7 Å². The van der Waals surface area contributed by atoms with Gasteiger partial charge >= 0.3 is 5.97 Å². The SMILES string of the molecule is Cc1nc(-c2cc(C(=O)O)c3cc(F)ccc3n2)cs1. The van der Waals surface area contributed by atoms with E-state index in [0.29, 0.717) is 16.9 Å². The van der Waals surface area contributed by atoms with E-state index < -0.39 is 11.8 Å². The molecule has 1 aromatic carbocycles. The van der Waals surface area contributed by atoms with Crippen molar-refractivity contribution in [2.45, 2.75) is 6.92 Å². The number of carbonyl (C=O) groups is 1. The molecule has 0 aliphatic carbocycles. The van der Waals surface area contributed by atoms with Crippen LogP contribution in [0.5, 0.6) is 0 Å². The molecule has 0 atom stereocenters. The van der Waals surface area contributed by atoms with Crippen LogP contribution in [0.1, 0.15) is 15.4 Å². The Morgan fingerprint density at radius 1 is 1.25 bits per heavy atom. The lowest BCUT2D eigenvalue weighted by Gasteiger charge is -2.05. The topological polar surface area (TPSA) is 63.1 Å². The van der Waals surface area contributed by atoms with Gasteiger partial charge in [0.15, 0.2) is 0 Å². The molecule has 3 aromatic rings. The highest BCUT2D eigenvalue weighted by Crippen LogP contribution is 2.26. The van der Waals surface area contributed by atoms with Gasteiger partial charge in [0, 0.05) is 10.8 Å². The summed E-state index contributed by atoms with van der Waals surface area (Å²) < 4.78 is 13.3. The van der Waals surface area contributed by atoms with Gasteiger partial charge in [0.05, 0.1) is 27.5 Å². The predicted molar refractivity (Wildman–Crippen MR) is 74.5 cm³/mol. The highest BCUT2D eigenvalue weighted by atomic mass is 32.1. The zero-order chi connectivity index (χ0) is 14.3. The van der Waals surface area contributed by atoms with Gasteiger partial charge in [-0.25, -0.2) is 19.2 Å². The van der Waals surface area contributed by atoms with Gasteiger partial charge in [0.1, 0.15) is 5.82 Å². The van der Waals surface area contributed by atoms with Crippen LogP contribution in [0.25, 0.3) is 22.3 Å². The fourth-order valence-corrected chi connectivity index (χ4v) is 2.59. The van der Waals surface area contributed by atoms with Crippen molar-refractivity contribution in [2.24, 2.45) is 0 Å². The smallest absolute Gasteiger partial charge is 0.336 e. The minimum atomic E-state index is -1.11. The normalized spacial score (nSPS) is 10.9. The second kappa shape index (κ2) is 4.64. The van der Waals surface area contributed by atoms with Crippen molar-refractivity contribution in [3.8, 4) is 11.4 Å². The van der Waals surface area contributed by atoms with Crippen molar-refractivity contribution >= 4 is 28.2 Å². The molecule has 0 spiro atoms. The van der Waals surface area contributed by atoms with Crippen LogP contribution in [0.4, 0.5) is 4.39 Å². The largest absolute Gasteiger partial charge is 0.478 e. The molecule has 0 saturated heterocycles. The van der Waals surface area contributed by atoms with Crippen LogP contribution in [-0.4, -0.2) is 21.0 Å². The molecule has 0 fully saturated rings. The van der Waals surface area contributed by atoms with Crippen molar-refractivity contribution in [2.75, 3.05) is 0 Å². The van der Waals surface area contributed by atoms with E-state index in [4.69, 9.17) is 0 Å². The summed E-state index contributed by atoms with van der Waals surface area (Å²) in [5, 5.41) is 12.3. The van der Waals surface area contributed by atoms with Gasteiger partial charge in [-0.05, 0) is 31.2 Å². The summed E-state index contributed by atoms with van der Waals surface area (Å²) in [6.07, 6.45) is 0. The molecule has 0 amide bonds. The Bertz CT molecular complexity index is 829. The lowest BCUT2D eigenvalue weighted by molar-refractivity contribution is 0.0699. The molecule has 4 nitrogen and oxygen atoms in total. The zero-order valence-electron chi connectivity index (χ0n) is 10.4. The van der Waals surface area contributed by atoms with Crippen molar-refractivity contribution in [1.29, 1.82) is 0 Å².